The molecule has 0 aliphatic carbocycles. The highest BCUT2D eigenvalue weighted by molar-refractivity contribution is 7.16. The number of anilines is 1. The zero-order valence-corrected chi connectivity index (χ0v) is 16.0. The number of carbonyl (C=O) groups excluding carboxylic acids is 2. The predicted octanol–water partition coefficient (Wildman–Crippen LogP) is 5.06. The van der Waals surface area contributed by atoms with Crippen LogP contribution in [0.2, 0.25) is 0 Å². The van der Waals surface area contributed by atoms with Crippen molar-refractivity contribution in [1.29, 1.82) is 0 Å². The fourth-order valence-electron chi connectivity index (χ4n) is 2.40. The summed E-state index contributed by atoms with van der Waals surface area (Å²) in [5.74, 6) is -0.445. The smallest absolute Gasteiger partial charge is 0.341 e. The summed E-state index contributed by atoms with van der Waals surface area (Å²) in [5, 5.41) is 3.48. The van der Waals surface area contributed by atoms with Crippen molar-refractivity contribution in [1.82, 2.24) is 0 Å². The lowest BCUT2D eigenvalue weighted by atomic mass is 9.99. The van der Waals surface area contributed by atoms with Gasteiger partial charge in [0.05, 0.1) is 12.2 Å². The van der Waals surface area contributed by atoms with E-state index in [0.717, 1.165) is 11.3 Å². The van der Waals surface area contributed by atoms with E-state index < -0.39 is 5.97 Å². The second kappa shape index (κ2) is 8.81. The maximum atomic E-state index is 12.3. The van der Waals surface area contributed by atoms with E-state index >= 15 is 0 Å². The van der Waals surface area contributed by atoms with Crippen molar-refractivity contribution in [2.75, 3.05) is 11.9 Å². The standard InChI is InChI=1S/C20H25NO3S/c1-5-13(3)18(22)21-19-16(20(23)24-6-2)12-17(25-19)14(4)15-10-8-7-9-11-15/h7-14H,5-6H2,1-4H3,(H,21,22)/t13-,14+/m1/s1. The zero-order chi connectivity index (χ0) is 18.4. The molecule has 5 heteroatoms. The first kappa shape index (κ1) is 19.2. The summed E-state index contributed by atoms with van der Waals surface area (Å²) in [6, 6.07) is 11.9. The van der Waals surface area contributed by atoms with Gasteiger partial charge in [0.25, 0.3) is 0 Å². The van der Waals surface area contributed by atoms with Crippen LogP contribution in [-0.2, 0) is 9.53 Å². The van der Waals surface area contributed by atoms with E-state index in [9.17, 15) is 9.59 Å². The van der Waals surface area contributed by atoms with Crippen molar-refractivity contribution >= 4 is 28.2 Å². The molecule has 0 bridgehead atoms. The van der Waals surface area contributed by atoms with E-state index in [1.54, 1.807) is 6.92 Å². The van der Waals surface area contributed by atoms with Gasteiger partial charge in [0, 0.05) is 16.7 Å². The fourth-order valence-corrected chi connectivity index (χ4v) is 3.53. The summed E-state index contributed by atoms with van der Waals surface area (Å²) in [4.78, 5) is 25.6. The van der Waals surface area contributed by atoms with Crippen molar-refractivity contribution in [2.45, 2.75) is 40.0 Å². The average Bonchev–Trinajstić information content (AvgIpc) is 3.05. The molecule has 0 saturated carbocycles. The molecule has 1 aromatic carbocycles. The lowest BCUT2D eigenvalue weighted by Crippen LogP contribution is -2.20. The number of nitrogens with one attached hydrogen (secondary N) is 1. The number of hydrogen-bond acceptors (Lipinski definition) is 4. The van der Waals surface area contributed by atoms with Gasteiger partial charge in [-0.2, -0.15) is 0 Å². The number of benzene rings is 1. The molecule has 0 saturated heterocycles. The van der Waals surface area contributed by atoms with Crippen molar-refractivity contribution in [2.24, 2.45) is 5.92 Å². The van der Waals surface area contributed by atoms with E-state index in [4.69, 9.17) is 4.74 Å². The lowest BCUT2D eigenvalue weighted by Gasteiger charge is -2.10. The van der Waals surface area contributed by atoms with Crippen LogP contribution in [0, 0.1) is 5.92 Å². The molecule has 1 aromatic heterocycles. The summed E-state index contributed by atoms with van der Waals surface area (Å²) < 4.78 is 5.15. The van der Waals surface area contributed by atoms with Gasteiger partial charge in [-0.25, -0.2) is 4.79 Å². The Labute approximate surface area is 153 Å². The van der Waals surface area contributed by atoms with Crippen LogP contribution in [0.1, 0.15) is 60.8 Å². The van der Waals surface area contributed by atoms with Crippen LogP contribution in [0.25, 0.3) is 0 Å². The Morgan fingerprint density at radius 1 is 1.16 bits per heavy atom. The van der Waals surface area contributed by atoms with Crippen LogP contribution in [0.4, 0.5) is 5.00 Å². The van der Waals surface area contributed by atoms with Crippen LogP contribution < -0.4 is 5.32 Å². The van der Waals surface area contributed by atoms with Gasteiger partial charge in [0.1, 0.15) is 5.00 Å². The minimum atomic E-state index is -0.398. The third kappa shape index (κ3) is 4.69. The maximum Gasteiger partial charge on any atom is 0.341 e. The molecule has 25 heavy (non-hydrogen) atoms. The number of carbonyl (C=O) groups is 2. The second-order valence-corrected chi connectivity index (χ2v) is 7.13. The molecule has 4 nitrogen and oxygen atoms in total. The van der Waals surface area contributed by atoms with Crippen LogP contribution in [-0.4, -0.2) is 18.5 Å². The van der Waals surface area contributed by atoms with E-state index in [1.165, 1.54) is 16.9 Å². The molecule has 134 valence electrons. The molecular weight excluding hydrogens is 334 g/mol. The van der Waals surface area contributed by atoms with Gasteiger partial charge < -0.3 is 10.1 Å². The number of amides is 1. The molecule has 1 amide bonds. The molecule has 2 aromatic rings. The fraction of sp³-hybridized carbons (Fsp3) is 0.400. The number of esters is 1. The molecule has 0 fully saturated rings. The third-order valence-electron chi connectivity index (χ3n) is 4.27. The Bertz CT molecular complexity index is 724. The predicted molar refractivity (Wildman–Crippen MR) is 102 cm³/mol. The summed E-state index contributed by atoms with van der Waals surface area (Å²) >= 11 is 1.44. The Morgan fingerprint density at radius 3 is 2.44 bits per heavy atom. The number of hydrogen-bond donors (Lipinski definition) is 1. The Hall–Kier alpha value is -2.14. The first-order valence-electron chi connectivity index (χ1n) is 8.64. The topological polar surface area (TPSA) is 55.4 Å². The van der Waals surface area contributed by atoms with Gasteiger partial charge in [0.15, 0.2) is 0 Å². The van der Waals surface area contributed by atoms with E-state index in [1.807, 2.05) is 38.1 Å². The molecular formula is C20H25NO3S. The number of ether oxygens (including phenoxy) is 1. The molecule has 2 atom stereocenters. The van der Waals surface area contributed by atoms with Crippen LogP contribution >= 0.6 is 11.3 Å². The molecule has 0 aliphatic heterocycles. The van der Waals surface area contributed by atoms with Gasteiger partial charge in [-0.1, -0.05) is 51.1 Å². The highest BCUT2D eigenvalue weighted by atomic mass is 32.1. The number of thiophene rings is 1. The van der Waals surface area contributed by atoms with Crippen LogP contribution in [0.5, 0.6) is 0 Å². The normalized spacial score (nSPS) is 13.1. The van der Waals surface area contributed by atoms with E-state index in [0.29, 0.717) is 17.2 Å². The summed E-state index contributed by atoms with van der Waals surface area (Å²) in [7, 11) is 0. The first-order valence-corrected chi connectivity index (χ1v) is 9.46. The van der Waals surface area contributed by atoms with Crippen LogP contribution in [0.3, 0.4) is 0 Å². The maximum absolute atomic E-state index is 12.3. The van der Waals surface area contributed by atoms with Crippen LogP contribution in [0.15, 0.2) is 36.4 Å². The van der Waals surface area contributed by atoms with Gasteiger partial charge in [-0.15, -0.1) is 11.3 Å². The second-order valence-electron chi connectivity index (χ2n) is 6.04. The minimum Gasteiger partial charge on any atom is -0.462 e. The Morgan fingerprint density at radius 2 is 1.84 bits per heavy atom. The van der Waals surface area contributed by atoms with Gasteiger partial charge in [-0.3, -0.25) is 4.79 Å². The van der Waals surface area contributed by atoms with Gasteiger partial charge in [-0.05, 0) is 25.0 Å². The van der Waals surface area contributed by atoms with Gasteiger partial charge in [0.2, 0.25) is 5.91 Å². The molecule has 1 heterocycles. The SMILES string of the molecule is CCOC(=O)c1cc([C@@H](C)c2ccccc2)sc1NC(=O)[C@H](C)CC. The quantitative estimate of drug-likeness (QED) is 0.703. The Kier molecular flexibility index (Phi) is 6.76. The zero-order valence-electron chi connectivity index (χ0n) is 15.2. The van der Waals surface area contributed by atoms with Crippen molar-refractivity contribution in [3.8, 4) is 0 Å². The minimum absolute atomic E-state index is 0.0752. The highest BCUT2D eigenvalue weighted by Crippen LogP contribution is 2.36. The molecule has 2 rings (SSSR count). The first-order chi connectivity index (χ1) is 12.0. The molecule has 0 radical (unpaired) electrons. The molecule has 0 unspecified atom stereocenters. The monoisotopic (exact) mass is 359 g/mol. The largest absolute Gasteiger partial charge is 0.462 e. The molecule has 1 N–H and O–H groups in total. The molecule has 0 aliphatic rings. The van der Waals surface area contributed by atoms with Gasteiger partial charge >= 0.3 is 5.97 Å². The summed E-state index contributed by atoms with van der Waals surface area (Å²) in [5.41, 5.74) is 1.60. The average molecular weight is 359 g/mol. The third-order valence-corrected chi connectivity index (χ3v) is 5.50. The van der Waals surface area contributed by atoms with E-state index in [2.05, 4.69) is 24.4 Å². The Balaban J connectivity index is 2.35. The lowest BCUT2D eigenvalue weighted by molar-refractivity contribution is -0.119. The highest BCUT2D eigenvalue weighted by Gasteiger charge is 2.23. The summed E-state index contributed by atoms with van der Waals surface area (Å²) in [6.07, 6.45) is 0.749. The van der Waals surface area contributed by atoms with E-state index in [-0.39, 0.29) is 17.7 Å². The number of rotatable bonds is 7. The molecule has 0 spiro atoms. The van der Waals surface area contributed by atoms with Crippen molar-refractivity contribution in [3.63, 3.8) is 0 Å². The van der Waals surface area contributed by atoms with Crippen molar-refractivity contribution < 1.29 is 14.3 Å². The summed E-state index contributed by atoms with van der Waals surface area (Å²) in [6.45, 7) is 8.01. The van der Waals surface area contributed by atoms with Crippen molar-refractivity contribution in [3.05, 3.63) is 52.4 Å².